The Morgan fingerprint density at radius 1 is 1.07 bits per heavy atom. The zero-order chi connectivity index (χ0) is 20.6. The first-order chi connectivity index (χ1) is 14.1. The molecule has 2 aromatic carbocycles. The van der Waals surface area contributed by atoms with Crippen LogP contribution in [0.3, 0.4) is 0 Å². The number of nitrogens with one attached hydrogen (secondary N) is 1. The lowest BCUT2D eigenvalue weighted by Crippen LogP contribution is -2.32. The number of hydrogen-bond acceptors (Lipinski definition) is 7. The van der Waals surface area contributed by atoms with E-state index in [1.165, 1.54) is 11.3 Å². The molecule has 0 radical (unpaired) electrons. The molecule has 0 aliphatic heterocycles. The summed E-state index contributed by atoms with van der Waals surface area (Å²) in [6.45, 7) is 1.90. The molecule has 1 heterocycles. The summed E-state index contributed by atoms with van der Waals surface area (Å²) in [6.07, 6.45) is 0.513. The van der Waals surface area contributed by atoms with E-state index in [1.807, 2.05) is 55.5 Å². The van der Waals surface area contributed by atoms with Crippen LogP contribution >= 0.6 is 11.3 Å². The molecule has 0 aliphatic carbocycles. The fraction of sp³-hybridized carbons (Fsp3) is 0.286. The first-order valence-corrected chi connectivity index (χ1v) is 10.0. The summed E-state index contributed by atoms with van der Waals surface area (Å²) in [5.74, 6) is 1.74. The maximum Gasteiger partial charge on any atom is 0.267 e. The van der Waals surface area contributed by atoms with Gasteiger partial charge in [-0.3, -0.25) is 10.1 Å². The zero-order valence-electron chi connectivity index (χ0n) is 16.5. The number of benzene rings is 2. The topological polar surface area (TPSA) is 82.6 Å². The Morgan fingerprint density at radius 3 is 2.52 bits per heavy atom. The highest BCUT2D eigenvalue weighted by Crippen LogP contribution is 2.29. The zero-order valence-corrected chi connectivity index (χ0v) is 17.4. The van der Waals surface area contributed by atoms with E-state index in [1.54, 1.807) is 14.2 Å². The minimum atomic E-state index is -0.601. The summed E-state index contributed by atoms with van der Waals surface area (Å²) in [7, 11) is 3.20. The van der Waals surface area contributed by atoms with Crippen LogP contribution in [0.25, 0.3) is 0 Å². The highest BCUT2D eigenvalue weighted by atomic mass is 32.1. The molecular formula is C21H23N3O4S. The van der Waals surface area contributed by atoms with Crippen molar-refractivity contribution in [1.29, 1.82) is 0 Å². The highest BCUT2D eigenvalue weighted by molar-refractivity contribution is 7.15. The maximum absolute atomic E-state index is 12.5. The Hall–Kier alpha value is -3.13. The van der Waals surface area contributed by atoms with Gasteiger partial charge in [-0.15, -0.1) is 10.2 Å². The molecule has 0 fully saturated rings. The number of nitrogens with zero attached hydrogens (tertiary/aromatic N) is 2. The van der Waals surface area contributed by atoms with E-state index >= 15 is 0 Å². The van der Waals surface area contributed by atoms with Crippen LogP contribution in [0.1, 0.15) is 23.9 Å². The van der Waals surface area contributed by atoms with Crippen LogP contribution in [-0.4, -0.2) is 36.4 Å². The predicted molar refractivity (Wildman–Crippen MR) is 112 cm³/mol. The number of carbonyl (C=O) groups excluding carboxylic acids is 1. The molecule has 0 aliphatic rings. The van der Waals surface area contributed by atoms with Gasteiger partial charge in [-0.2, -0.15) is 0 Å². The van der Waals surface area contributed by atoms with Gasteiger partial charge in [-0.05, 0) is 36.2 Å². The number of aromatic nitrogens is 2. The fourth-order valence-corrected chi connectivity index (χ4v) is 3.49. The molecule has 1 unspecified atom stereocenters. The normalized spacial score (nSPS) is 11.6. The smallest absolute Gasteiger partial charge is 0.267 e. The average Bonchev–Trinajstić information content (AvgIpc) is 3.19. The molecule has 152 valence electrons. The van der Waals surface area contributed by atoms with Crippen molar-refractivity contribution in [2.24, 2.45) is 0 Å². The van der Waals surface area contributed by atoms with Crippen molar-refractivity contribution in [3.05, 3.63) is 59.1 Å². The molecule has 29 heavy (non-hydrogen) atoms. The molecule has 7 nitrogen and oxygen atoms in total. The molecule has 3 aromatic rings. The van der Waals surface area contributed by atoms with Gasteiger partial charge >= 0.3 is 0 Å². The summed E-state index contributed by atoms with van der Waals surface area (Å²) < 4.78 is 16.4. The predicted octanol–water partition coefficient (Wildman–Crippen LogP) is 3.94. The summed E-state index contributed by atoms with van der Waals surface area (Å²) in [6, 6.07) is 15.0. The highest BCUT2D eigenvalue weighted by Gasteiger charge is 2.20. The summed E-state index contributed by atoms with van der Waals surface area (Å²) in [5, 5.41) is 12.3. The summed E-state index contributed by atoms with van der Waals surface area (Å²) >= 11 is 1.33. The van der Waals surface area contributed by atoms with Crippen molar-refractivity contribution in [2.75, 3.05) is 19.5 Å². The van der Waals surface area contributed by atoms with Crippen molar-refractivity contribution in [1.82, 2.24) is 10.2 Å². The second-order valence-corrected chi connectivity index (χ2v) is 7.25. The van der Waals surface area contributed by atoms with E-state index in [4.69, 9.17) is 14.2 Å². The molecule has 1 amide bonds. The molecule has 1 N–H and O–H groups in total. The van der Waals surface area contributed by atoms with E-state index in [9.17, 15) is 4.79 Å². The number of methoxy groups -OCH3 is 2. The van der Waals surface area contributed by atoms with Gasteiger partial charge in [0.1, 0.15) is 10.8 Å². The number of anilines is 1. The van der Waals surface area contributed by atoms with Crippen molar-refractivity contribution in [3.63, 3.8) is 0 Å². The van der Waals surface area contributed by atoms with E-state index in [0.29, 0.717) is 35.2 Å². The third-order valence-corrected chi connectivity index (χ3v) is 5.02. The third-order valence-electron chi connectivity index (χ3n) is 4.19. The van der Waals surface area contributed by atoms with Crippen LogP contribution in [0.5, 0.6) is 17.2 Å². The first kappa shape index (κ1) is 20.6. The van der Waals surface area contributed by atoms with Crippen molar-refractivity contribution < 1.29 is 19.0 Å². The van der Waals surface area contributed by atoms with Gasteiger partial charge in [-0.25, -0.2) is 0 Å². The van der Waals surface area contributed by atoms with Gasteiger partial charge in [-0.1, -0.05) is 42.5 Å². The Labute approximate surface area is 173 Å². The third kappa shape index (κ3) is 5.45. The molecule has 0 saturated carbocycles. The molecule has 0 bridgehead atoms. The van der Waals surface area contributed by atoms with E-state index in [0.717, 1.165) is 10.6 Å². The molecular weight excluding hydrogens is 390 g/mol. The van der Waals surface area contributed by atoms with Crippen LogP contribution in [-0.2, 0) is 11.2 Å². The van der Waals surface area contributed by atoms with Gasteiger partial charge in [0.05, 0.1) is 14.2 Å². The van der Waals surface area contributed by atoms with E-state index in [2.05, 4.69) is 15.5 Å². The maximum atomic E-state index is 12.5. The van der Waals surface area contributed by atoms with E-state index in [-0.39, 0.29) is 5.91 Å². The van der Waals surface area contributed by atoms with Gasteiger partial charge in [0, 0.05) is 6.42 Å². The molecule has 8 heteroatoms. The monoisotopic (exact) mass is 413 g/mol. The number of carbonyl (C=O) groups is 1. The Kier molecular flexibility index (Phi) is 7.02. The lowest BCUT2D eigenvalue weighted by Gasteiger charge is -2.16. The second-order valence-electron chi connectivity index (χ2n) is 6.18. The quantitative estimate of drug-likeness (QED) is 0.572. The summed E-state index contributed by atoms with van der Waals surface area (Å²) in [4.78, 5) is 12.5. The minimum absolute atomic E-state index is 0.245. The van der Waals surface area contributed by atoms with Gasteiger partial charge in [0.25, 0.3) is 5.91 Å². The Bertz CT molecular complexity index is 946. The van der Waals surface area contributed by atoms with Gasteiger partial charge in [0.15, 0.2) is 17.6 Å². The lowest BCUT2D eigenvalue weighted by molar-refractivity contribution is -0.122. The van der Waals surface area contributed by atoms with Gasteiger partial charge in [0.2, 0.25) is 5.13 Å². The van der Waals surface area contributed by atoms with Crippen LogP contribution in [0.15, 0.2) is 48.5 Å². The van der Waals surface area contributed by atoms with Crippen molar-refractivity contribution in [2.45, 2.75) is 25.9 Å². The Balaban J connectivity index is 1.63. The lowest BCUT2D eigenvalue weighted by atomic mass is 10.1. The van der Waals surface area contributed by atoms with Crippen molar-refractivity contribution >= 4 is 22.4 Å². The number of hydrogen-bond donors (Lipinski definition) is 1. The number of para-hydroxylation sites is 1. The molecule has 3 rings (SSSR count). The van der Waals surface area contributed by atoms with Gasteiger partial charge < -0.3 is 14.2 Å². The van der Waals surface area contributed by atoms with Crippen LogP contribution in [0.2, 0.25) is 0 Å². The molecule has 1 aromatic heterocycles. The average molecular weight is 413 g/mol. The standard InChI is InChI=1S/C21H23N3O4S/c1-4-16(28-15-8-6-5-7-9-15)20(25)22-21-24-23-19(29-21)13-14-10-11-17(26-2)18(12-14)27-3/h5-12,16H,4,13H2,1-3H3,(H,22,24,25). The minimum Gasteiger partial charge on any atom is -0.493 e. The fourth-order valence-electron chi connectivity index (χ4n) is 2.71. The van der Waals surface area contributed by atoms with Crippen LogP contribution < -0.4 is 19.5 Å². The Morgan fingerprint density at radius 2 is 1.83 bits per heavy atom. The second kappa shape index (κ2) is 9.88. The van der Waals surface area contributed by atoms with Crippen molar-refractivity contribution in [3.8, 4) is 17.2 Å². The van der Waals surface area contributed by atoms with Crippen LogP contribution in [0.4, 0.5) is 5.13 Å². The molecule has 0 spiro atoms. The van der Waals surface area contributed by atoms with E-state index < -0.39 is 6.10 Å². The molecule has 1 atom stereocenters. The first-order valence-electron chi connectivity index (χ1n) is 9.18. The number of ether oxygens (including phenoxy) is 3. The van der Waals surface area contributed by atoms with Crippen LogP contribution in [0, 0.1) is 0 Å². The molecule has 0 saturated heterocycles. The SMILES string of the molecule is CCC(Oc1ccccc1)C(=O)Nc1nnc(Cc2ccc(OC)c(OC)c2)s1. The summed E-state index contributed by atoms with van der Waals surface area (Å²) in [5.41, 5.74) is 1.01. The number of amides is 1. The number of rotatable bonds is 9. The largest absolute Gasteiger partial charge is 0.493 e.